The molecular weight excluding hydrogens is 631 g/mol. The first kappa shape index (κ1) is 35.8. The molecule has 0 unspecified atom stereocenters. The van der Waals surface area contributed by atoms with E-state index in [0.717, 1.165) is 9.52 Å². The summed E-state index contributed by atoms with van der Waals surface area (Å²) in [5.74, 6) is 0. The third-order valence-corrected chi connectivity index (χ3v) is 9.00. The van der Waals surface area contributed by atoms with Gasteiger partial charge in [0.25, 0.3) is 0 Å². The predicted octanol–water partition coefficient (Wildman–Crippen LogP) is 11.4. The van der Waals surface area contributed by atoms with Gasteiger partial charge < -0.3 is 0 Å². The molecule has 0 aliphatic rings. The summed E-state index contributed by atoms with van der Waals surface area (Å²) in [5.41, 5.74) is 8.69. The van der Waals surface area contributed by atoms with Gasteiger partial charge in [-0.3, -0.25) is 0 Å². The summed E-state index contributed by atoms with van der Waals surface area (Å²) in [7, 11) is 8.90. The van der Waals surface area contributed by atoms with Crippen LogP contribution in [-0.4, -0.2) is 25.7 Å². The summed E-state index contributed by atoms with van der Waals surface area (Å²) in [5, 5.41) is 5.88. The van der Waals surface area contributed by atoms with Gasteiger partial charge in [-0.25, -0.2) is 0 Å². The third kappa shape index (κ3) is 12.1. The Bertz CT molecular complexity index is 1170. The molecule has 0 heterocycles. The molecule has 0 bridgehead atoms. The Labute approximate surface area is 257 Å². The van der Waals surface area contributed by atoms with Crippen LogP contribution in [0.15, 0.2) is 48.5 Å². The molecule has 0 aliphatic carbocycles. The number of benzene rings is 2. The van der Waals surface area contributed by atoms with Crippen LogP contribution in [0, 0.1) is 27.7 Å². The zero-order valence-corrected chi connectivity index (χ0v) is 32.8. The van der Waals surface area contributed by atoms with E-state index in [9.17, 15) is 0 Å². The molecule has 0 saturated heterocycles. The predicted molar refractivity (Wildman–Crippen MR) is 181 cm³/mol. The van der Waals surface area contributed by atoms with Crippen molar-refractivity contribution < 1.29 is 20.8 Å². The Balaban J connectivity index is 0.000000315. The minimum absolute atomic E-state index is 0.826. The Morgan fingerprint density at radius 1 is 0.658 bits per heavy atom. The van der Waals surface area contributed by atoms with Crippen molar-refractivity contribution in [2.45, 2.75) is 92.2 Å². The molecular formula is C32H48Cl2Si3Zr. The van der Waals surface area contributed by atoms with Gasteiger partial charge in [0.15, 0.2) is 0 Å². The average Bonchev–Trinajstić information content (AvgIpc) is 3.36. The molecule has 4 aromatic carbocycles. The van der Waals surface area contributed by atoms with Crippen LogP contribution >= 0.6 is 17.0 Å². The normalized spacial score (nSPS) is 11.1. The van der Waals surface area contributed by atoms with Crippen LogP contribution < -0.4 is 0 Å². The van der Waals surface area contributed by atoms with E-state index in [0.29, 0.717) is 0 Å². The SMILES string of the molecule is C[Si]C.Cc1cc2c(C[Si](C)(C)C)ccc(C)c2[cH-]1.Cc1cc2c(C[Si](C)(C)C)ccc(C)c2[cH-]1.[Cl][Zr+2][Cl]. The molecule has 0 saturated carbocycles. The summed E-state index contributed by atoms with van der Waals surface area (Å²) in [6, 6.07) is 21.1. The molecule has 2 radical (unpaired) electrons. The van der Waals surface area contributed by atoms with Crippen molar-refractivity contribution in [3.8, 4) is 0 Å². The van der Waals surface area contributed by atoms with Crippen molar-refractivity contribution >= 4 is 64.2 Å². The van der Waals surface area contributed by atoms with Crippen LogP contribution in [0.2, 0.25) is 52.4 Å². The molecule has 0 aliphatic heterocycles. The quantitative estimate of drug-likeness (QED) is 0.149. The summed E-state index contributed by atoms with van der Waals surface area (Å²) < 4.78 is 0. The van der Waals surface area contributed by atoms with E-state index in [1.54, 1.807) is 11.1 Å². The monoisotopic (exact) mass is 676 g/mol. The van der Waals surface area contributed by atoms with Crippen molar-refractivity contribution in [3.63, 3.8) is 0 Å². The third-order valence-electron chi connectivity index (χ3n) is 6.12. The molecule has 4 rings (SSSR count). The zero-order valence-electron chi connectivity index (χ0n) is 25.8. The van der Waals surface area contributed by atoms with Crippen LogP contribution in [0.4, 0.5) is 0 Å². The molecule has 38 heavy (non-hydrogen) atoms. The van der Waals surface area contributed by atoms with Gasteiger partial charge in [-0.15, -0.1) is 68.1 Å². The molecule has 6 heteroatoms. The van der Waals surface area contributed by atoms with Crippen LogP contribution in [0.5, 0.6) is 0 Å². The van der Waals surface area contributed by atoms with Crippen LogP contribution in [-0.2, 0) is 32.9 Å². The van der Waals surface area contributed by atoms with Gasteiger partial charge in [0.2, 0.25) is 0 Å². The number of aryl methyl sites for hydroxylation is 4. The maximum absolute atomic E-state index is 4.93. The fraction of sp³-hybridized carbons (Fsp3) is 0.438. The topological polar surface area (TPSA) is 0 Å². The van der Waals surface area contributed by atoms with Gasteiger partial charge in [-0.1, -0.05) is 103 Å². The first-order valence-corrected chi connectivity index (χ1v) is 29.2. The molecule has 4 aromatic rings. The number of halogens is 2. The van der Waals surface area contributed by atoms with E-state index in [-0.39, 0.29) is 0 Å². The zero-order chi connectivity index (χ0) is 29.3. The standard InChI is InChI=1S/2C15H21Si.C2H6Si.2ClH.Zr/c2*1-11-8-14-12(2)6-7-13(15(14)9-11)10-16(3,4)5;1-3-2;;;/h2*6-9H,10H2,1-5H3;1-2H3;2*1H;/q2*-1;;;;+4/p-2. The number of rotatable bonds is 4. The second-order valence-electron chi connectivity index (χ2n) is 12.8. The second kappa shape index (κ2) is 16.3. The van der Waals surface area contributed by atoms with E-state index >= 15 is 0 Å². The summed E-state index contributed by atoms with van der Waals surface area (Å²) in [6.07, 6.45) is 0. The molecule has 0 amide bonds. The first-order valence-electron chi connectivity index (χ1n) is 13.4. The van der Waals surface area contributed by atoms with Gasteiger partial charge in [-0.2, -0.15) is 12.1 Å². The molecule has 206 valence electrons. The first-order chi connectivity index (χ1) is 17.6. The molecule has 0 atom stereocenters. The van der Waals surface area contributed by atoms with Crippen LogP contribution in [0.1, 0.15) is 33.4 Å². The van der Waals surface area contributed by atoms with Gasteiger partial charge >= 0.3 is 37.9 Å². The number of hydrogen-bond donors (Lipinski definition) is 0. The van der Waals surface area contributed by atoms with Gasteiger partial charge in [-0.05, 0) is 12.1 Å². The van der Waals surface area contributed by atoms with E-state index in [1.807, 2.05) is 0 Å². The van der Waals surface area contributed by atoms with Crippen molar-refractivity contribution in [2.24, 2.45) is 0 Å². The fourth-order valence-corrected chi connectivity index (χ4v) is 7.65. The summed E-state index contributed by atoms with van der Waals surface area (Å²) in [4.78, 5) is 0. The van der Waals surface area contributed by atoms with Crippen LogP contribution in [0.25, 0.3) is 21.5 Å². The Morgan fingerprint density at radius 2 is 0.947 bits per heavy atom. The van der Waals surface area contributed by atoms with Crippen molar-refractivity contribution in [1.82, 2.24) is 0 Å². The summed E-state index contributed by atoms with van der Waals surface area (Å²) >= 11 is -0.826. The van der Waals surface area contributed by atoms with E-state index < -0.39 is 37.0 Å². The molecule has 0 fully saturated rings. The van der Waals surface area contributed by atoms with Crippen LogP contribution in [0.3, 0.4) is 0 Å². The van der Waals surface area contributed by atoms with Crippen molar-refractivity contribution in [2.75, 3.05) is 0 Å². The van der Waals surface area contributed by atoms with Crippen molar-refractivity contribution in [3.05, 3.63) is 81.9 Å². The van der Waals surface area contributed by atoms with E-state index in [1.165, 1.54) is 55.9 Å². The summed E-state index contributed by atoms with van der Waals surface area (Å²) in [6.45, 7) is 27.7. The second-order valence-corrected chi connectivity index (χ2v) is 28.5. The van der Waals surface area contributed by atoms with Gasteiger partial charge in [0.05, 0.1) is 0 Å². The Kier molecular flexibility index (Phi) is 15.3. The Morgan fingerprint density at radius 3 is 1.21 bits per heavy atom. The molecule has 0 spiro atoms. The maximum atomic E-state index is 4.93. The average molecular weight is 679 g/mol. The van der Waals surface area contributed by atoms with Gasteiger partial charge in [0, 0.05) is 25.7 Å². The number of fused-ring (bicyclic) bond motifs is 2. The Hall–Kier alpha value is -0.226. The van der Waals surface area contributed by atoms with E-state index in [4.69, 9.17) is 17.0 Å². The number of hydrogen-bond acceptors (Lipinski definition) is 0. The van der Waals surface area contributed by atoms with E-state index in [2.05, 4.69) is 129 Å². The fourth-order valence-electron chi connectivity index (χ4n) is 4.75. The molecule has 0 aromatic heterocycles. The minimum atomic E-state index is -1.02. The van der Waals surface area contributed by atoms with Crippen molar-refractivity contribution in [1.29, 1.82) is 0 Å². The van der Waals surface area contributed by atoms with Gasteiger partial charge in [0.1, 0.15) is 0 Å². The molecule has 0 nitrogen and oxygen atoms in total. The molecule has 0 N–H and O–H groups in total.